The Bertz CT molecular complexity index is 366. The van der Waals surface area contributed by atoms with Gasteiger partial charge in [-0.2, -0.15) is 11.8 Å². The van der Waals surface area contributed by atoms with Gasteiger partial charge in [-0.3, -0.25) is 19.8 Å². The summed E-state index contributed by atoms with van der Waals surface area (Å²) < 4.78 is 0. The van der Waals surface area contributed by atoms with Crippen molar-refractivity contribution >= 4 is 29.6 Å². The highest BCUT2D eigenvalue weighted by Crippen LogP contribution is 2.48. The first-order valence-electron chi connectivity index (χ1n) is 5.78. The van der Waals surface area contributed by atoms with Gasteiger partial charge in [0.1, 0.15) is 5.41 Å². The predicted molar refractivity (Wildman–Crippen MR) is 64.5 cm³/mol. The fourth-order valence-electron chi connectivity index (χ4n) is 2.02. The number of rotatable bonds is 5. The molecule has 0 aromatic carbocycles. The zero-order valence-electron chi connectivity index (χ0n) is 9.82. The highest BCUT2D eigenvalue weighted by molar-refractivity contribution is 7.98. The Morgan fingerprint density at radius 3 is 2.59 bits per heavy atom. The average Bonchev–Trinajstić information content (AvgIpc) is 3.07. The number of amides is 4. The molecule has 0 bridgehead atoms. The minimum absolute atomic E-state index is 0.296. The fraction of sp³-hybridized carbons (Fsp3) is 0.727. The second-order valence-corrected chi connectivity index (χ2v) is 5.48. The minimum Gasteiger partial charge on any atom is -0.277 e. The smallest absolute Gasteiger partial charge is 0.277 e. The van der Waals surface area contributed by atoms with Crippen LogP contribution < -0.4 is 5.32 Å². The number of barbiturate groups is 1. The molecule has 1 saturated carbocycles. The molecular weight excluding hydrogens is 240 g/mol. The van der Waals surface area contributed by atoms with Crippen LogP contribution in [-0.2, 0) is 9.59 Å². The summed E-state index contributed by atoms with van der Waals surface area (Å²) >= 11 is 1.74. The SMILES string of the molecule is CSCCCCN1C(=O)NC(=O)C2(CC2)C1=O. The molecule has 0 radical (unpaired) electrons. The van der Waals surface area contributed by atoms with E-state index in [1.165, 1.54) is 4.90 Å². The van der Waals surface area contributed by atoms with Crippen molar-refractivity contribution in [2.45, 2.75) is 25.7 Å². The van der Waals surface area contributed by atoms with Crippen molar-refractivity contribution in [1.29, 1.82) is 0 Å². The van der Waals surface area contributed by atoms with Gasteiger partial charge in [0.15, 0.2) is 0 Å². The lowest BCUT2D eigenvalue weighted by atomic mass is 10.0. The summed E-state index contributed by atoms with van der Waals surface area (Å²) in [5.74, 6) is 0.316. The molecule has 0 aromatic rings. The van der Waals surface area contributed by atoms with Crippen LogP contribution in [0.4, 0.5) is 4.79 Å². The maximum absolute atomic E-state index is 12.0. The number of hydrogen-bond donors (Lipinski definition) is 1. The van der Waals surface area contributed by atoms with E-state index in [4.69, 9.17) is 0 Å². The molecule has 1 heterocycles. The molecule has 17 heavy (non-hydrogen) atoms. The van der Waals surface area contributed by atoms with Gasteiger partial charge in [0.25, 0.3) is 0 Å². The quantitative estimate of drug-likeness (QED) is 0.588. The monoisotopic (exact) mass is 256 g/mol. The number of urea groups is 1. The maximum atomic E-state index is 12.0. The largest absolute Gasteiger partial charge is 0.330 e. The molecule has 1 aliphatic carbocycles. The van der Waals surface area contributed by atoms with Gasteiger partial charge in [-0.15, -0.1) is 0 Å². The number of unbranched alkanes of at least 4 members (excludes halogenated alkanes) is 1. The molecule has 0 unspecified atom stereocenters. The fourth-order valence-corrected chi connectivity index (χ4v) is 2.51. The van der Waals surface area contributed by atoms with E-state index >= 15 is 0 Å². The molecule has 2 rings (SSSR count). The average molecular weight is 256 g/mol. The third-order valence-corrected chi connectivity index (χ3v) is 3.98. The topological polar surface area (TPSA) is 66.5 Å². The Morgan fingerprint density at radius 2 is 2.00 bits per heavy atom. The second kappa shape index (κ2) is 4.68. The number of imide groups is 2. The van der Waals surface area contributed by atoms with Crippen LogP contribution in [0.5, 0.6) is 0 Å². The Kier molecular flexibility index (Phi) is 3.42. The third-order valence-electron chi connectivity index (χ3n) is 3.28. The lowest BCUT2D eigenvalue weighted by Gasteiger charge is -2.30. The molecule has 94 valence electrons. The van der Waals surface area contributed by atoms with E-state index in [9.17, 15) is 14.4 Å². The van der Waals surface area contributed by atoms with Gasteiger partial charge in [0.2, 0.25) is 11.8 Å². The molecule has 1 N–H and O–H groups in total. The van der Waals surface area contributed by atoms with E-state index in [1.807, 2.05) is 6.26 Å². The van der Waals surface area contributed by atoms with E-state index in [-0.39, 0.29) is 5.91 Å². The first-order chi connectivity index (χ1) is 8.12. The first-order valence-corrected chi connectivity index (χ1v) is 7.17. The number of carbonyl (C=O) groups is 3. The highest BCUT2D eigenvalue weighted by atomic mass is 32.2. The number of nitrogens with one attached hydrogen (secondary N) is 1. The zero-order chi connectivity index (χ0) is 12.5. The summed E-state index contributed by atoms with van der Waals surface area (Å²) in [6.07, 6.45) is 4.94. The first kappa shape index (κ1) is 12.4. The molecule has 1 spiro atoms. The Balaban J connectivity index is 1.94. The molecule has 0 atom stereocenters. The van der Waals surface area contributed by atoms with E-state index in [0.29, 0.717) is 19.4 Å². The van der Waals surface area contributed by atoms with Crippen LogP contribution in [0.2, 0.25) is 0 Å². The van der Waals surface area contributed by atoms with Crippen molar-refractivity contribution in [3.05, 3.63) is 0 Å². The minimum atomic E-state index is -0.895. The van der Waals surface area contributed by atoms with Crippen molar-refractivity contribution in [2.75, 3.05) is 18.6 Å². The number of hydrogen-bond acceptors (Lipinski definition) is 4. The van der Waals surface area contributed by atoms with Crippen molar-refractivity contribution in [3.63, 3.8) is 0 Å². The lowest BCUT2D eigenvalue weighted by molar-refractivity contribution is -0.144. The van der Waals surface area contributed by atoms with E-state index in [1.54, 1.807) is 11.8 Å². The number of thioether (sulfide) groups is 1. The Morgan fingerprint density at radius 1 is 1.29 bits per heavy atom. The van der Waals surface area contributed by atoms with E-state index in [0.717, 1.165) is 18.6 Å². The standard InChI is InChI=1S/C11H16N2O3S/c1-17-7-3-2-6-13-9(15)11(4-5-11)8(14)12-10(13)16/h2-7H2,1H3,(H,12,14,16). The van der Waals surface area contributed by atoms with Gasteiger partial charge in [0, 0.05) is 6.54 Å². The van der Waals surface area contributed by atoms with Gasteiger partial charge < -0.3 is 0 Å². The van der Waals surface area contributed by atoms with Crippen molar-refractivity contribution in [1.82, 2.24) is 10.2 Å². The lowest BCUT2D eigenvalue weighted by Crippen LogP contribution is -2.59. The molecule has 1 aliphatic heterocycles. The van der Waals surface area contributed by atoms with Gasteiger partial charge in [-0.25, -0.2) is 4.79 Å². The molecule has 6 heteroatoms. The van der Waals surface area contributed by atoms with Gasteiger partial charge in [-0.1, -0.05) is 0 Å². The molecule has 2 fully saturated rings. The normalized spacial score (nSPS) is 21.9. The van der Waals surface area contributed by atoms with Crippen molar-refractivity contribution in [2.24, 2.45) is 5.41 Å². The van der Waals surface area contributed by atoms with Crippen LogP contribution >= 0.6 is 11.8 Å². The van der Waals surface area contributed by atoms with Crippen LogP contribution in [0, 0.1) is 5.41 Å². The number of nitrogens with zero attached hydrogens (tertiary/aromatic N) is 1. The predicted octanol–water partition coefficient (Wildman–Crippen LogP) is 0.988. The molecule has 2 aliphatic rings. The summed E-state index contributed by atoms with van der Waals surface area (Å²) in [5, 5.41) is 2.28. The second-order valence-electron chi connectivity index (χ2n) is 4.50. The van der Waals surface area contributed by atoms with Gasteiger partial charge in [-0.05, 0) is 37.7 Å². The van der Waals surface area contributed by atoms with Crippen LogP contribution in [0.3, 0.4) is 0 Å². The van der Waals surface area contributed by atoms with Crippen LogP contribution in [0.25, 0.3) is 0 Å². The van der Waals surface area contributed by atoms with Gasteiger partial charge in [0.05, 0.1) is 0 Å². The molecule has 1 saturated heterocycles. The van der Waals surface area contributed by atoms with Crippen molar-refractivity contribution < 1.29 is 14.4 Å². The van der Waals surface area contributed by atoms with Crippen LogP contribution in [0.1, 0.15) is 25.7 Å². The maximum Gasteiger partial charge on any atom is 0.330 e. The van der Waals surface area contributed by atoms with Crippen LogP contribution in [0.15, 0.2) is 0 Å². The van der Waals surface area contributed by atoms with Crippen LogP contribution in [-0.4, -0.2) is 41.3 Å². The summed E-state index contributed by atoms with van der Waals surface area (Å²) in [6.45, 7) is 0.417. The molecule has 5 nitrogen and oxygen atoms in total. The van der Waals surface area contributed by atoms with Crippen molar-refractivity contribution in [3.8, 4) is 0 Å². The highest BCUT2D eigenvalue weighted by Gasteiger charge is 2.61. The summed E-state index contributed by atoms with van der Waals surface area (Å²) in [5.41, 5.74) is -0.895. The summed E-state index contributed by atoms with van der Waals surface area (Å²) in [7, 11) is 0. The third kappa shape index (κ3) is 2.18. The summed E-state index contributed by atoms with van der Waals surface area (Å²) in [6, 6.07) is -0.554. The number of carbonyl (C=O) groups excluding carboxylic acids is 3. The molecular formula is C11H16N2O3S. The van der Waals surface area contributed by atoms with E-state index < -0.39 is 17.4 Å². The molecule has 0 aromatic heterocycles. The Hall–Kier alpha value is -1.04. The van der Waals surface area contributed by atoms with Gasteiger partial charge >= 0.3 is 6.03 Å². The Labute approximate surface area is 104 Å². The van der Waals surface area contributed by atoms with E-state index in [2.05, 4.69) is 5.32 Å². The molecule has 4 amide bonds. The zero-order valence-corrected chi connectivity index (χ0v) is 10.6. The summed E-state index contributed by atoms with van der Waals surface area (Å²) in [4.78, 5) is 36.3.